The predicted octanol–water partition coefficient (Wildman–Crippen LogP) is 2.00. The van der Waals surface area contributed by atoms with E-state index in [4.69, 9.17) is 4.74 Å². The number of hydrogen-bond acceptors (Lipinski definition) is 5. The Morgan fingerprint density at radius 2 is 2.03 bits per heavy atom. The number of likely N-dealkylation sites (N-methyl/N-ethyl adjacent to an activating group) is 1. The first-order chi connectivity index (χ1) is 13.6. The van der Waals surface area contributed by atoms with Crippen LogP contribution in [0, 0.1) is 5.92 Å². The summed E-state index contributed by atoms with van der Waals surface area (Å²) in [5, 5.41) is 15.2. The molecule has 3 N–H and O–H groups in total. The van der Waals surface area contributed by atoms with Crippen molar-refractivity contribution in [2.75, 3.05) is 39.1 Å². The number of anilines is 1. The minimum absolute atomic E-state index is 0.00141. The number of benzene rings is 1. The molecule has 8 heteroatoms. The maximum absolute atomic E-state index is 13.3. The fraction of sp³-hybridized carbons (Fsp3) is 0.619. The molecule has 29 heavy (non-hydrogen) atoms. The molecule has 1 heterocycles. The number of rotatable bonds is 6. The molecule has 3 amide bonds. The van der Waals surface area contributed by atoms with Crippen LogP contribution in [0.25, 0.3) is 0 Å². The quantitative estimate of drug-likeness (QED) is 0.672. The van der Waals surface area contributed by atoms with E-state index in [-0.39, 0.29) is 42.7 Å². The van der Waals surface area contributed by atoms with Crippen molar-refractivity contribution in [1.82, 2.24) is 15.1 Å². The Hall–Kier alpha value is -2.32. The summed E-state index contributed by atoms with van der Waals surface area (Å²) in [4.78, 5) is 29.1. The average Bonchev–Trinajstić information content (AvgIpc) is 2.63. The van der Waals surface area contributed by atoms with Crippen LogP contribution >= 0.6 is 0 Å². The lowest BCUT2D eigenvalue weighted by Crippen LogP contribution is -2.49. The van der Waals surface area contributed by atoms with Gasteiger partial charge in [0, 0.05) is 30.7 Å². The van der Waals surface area contributed by atoms with Gasteiger partial charge in [-0.3, -0.25) is 4.79 Å². The van der Waals surface area contributed by atoms with Crippen LogP contribution < -0.4 is 15.4 Å². The van der Waals surface area contributed by atoms with Gasteiger partial charge < -0.3 is 30.3 Å². The zero-order valence-electron chi connectivity index (χ0n) is 18.2. The van der Waals surface area contributed by atoms with E-state index in [0.717, 1.165) is 0 Å². The van der Waals surface area contributed by atoms with Crippen LogP contribution in [-0.2, 0) is 0 Å². The third-order valence-electron chi connectivity index (χ3n) is 4.89. The van der Waals surface area contributed by atoms with E-state index in [9.17, 15) is 14.7 Å². The largest absolute Gasteiger partial charge is 0.488 e. The smallest absolute Gasteiger partial charge is 0.319 e. The number of urea groups is 1. The van der Waals surface area contributed by atoms with E-state index >= 15 is 0 Å². The SMILES string of the molecule is CC(C)NC(=O)Nc1ccc2c(c1)C(=O)N([C@@H](C)CO)C[C@@H](C)[C@H](CN(C)C)O2. The van der Waals surface area contributed by atoms with Crippen molar-refractivity contribution < 1.29 is 19.4 Å². The molecular weight excluding hydrogens is 372 g/mol. The lowest BCUT2D eigenvalue weighted by molar-refractivity contribution is 0.0363. The van der Waals surface area contributed by atoms with E-state index < -0.39 is 0 Å². The first-order valence-electron chi connectivity index (χ1n) is 10.1. The van der Waals surface area contributed by atoms with Crippen molar-refractivity contribution in [2.24, 2.45) is 5.92 Å². The van der Waals surface area contributed by atoms with Crippen LogP contribution in [-0.4, -0.2) is 78.8 Å². The number of aliphatic hydroxyl groups is 1. The zero-order chi connectivity index (χ0) is 21.7. The molecule has 0 aliphatic carbocycles. The Kier molecular flexibility index (Phi) is 7.87. The molecule has 0 bridgehead atoms. The van der Waals surface area contributed by atoms with Gasteiger partial charge in [0.25, 0.3) is 5.91 Å². The van der Waals surface area contributed by atoms with Crippen molar-refractivity contribution >= 4 is 17.6 Å². The number of amides is 3. The minimum Gasteiger partial charge on any atom is -0.488 e. The van der Waals surface area contributed by atoms with E-state index in [0.29, 0.717) is 30.1 Å². The topological polar surface area (TPSA) is 94.1 Å². The highest BCUT2D eigenvalue weighted by Gasteiger charge is 2.33. The molecule has 1 aliphatic heterocycles. The van der Waals surface area contributed by atoms with E-state index in [2.05, 4.69) is 22.5 Å². The van der Waals surface area contributed by atoms with Gasteiger partial charge in [0.1, 0.15) is 11.9 Å². The summed E-state index contributed by atoms with van der Waals surface area (Å²) in [6.07, 6.45) is -0.117. The first-order valence-corrected chi connectivity index (χ1v) is 10.1. The molecule has 0 aromatic heterocycles. The Bertz CT molecular complexity index is 723. The molecule has 0 saturated heterocycles. The highest BCUT2D eigenvalue weighted by atomic mass is 16.5. The Morgan fingerprint density at radius 1 is 1.34 bits per heavy atom. The molecule has 0 radical (unpaired) electrons. The fourth-order valence-corrected chi connectivity index (χ4v) is 3.31. The second-order valence-corrected chi connectivity index (χ2v) is 8.35. The summed E-state index contributed by atoms with van der Waals surface area (Å²) < 4.78 is 6.24. The first kappa shape index (κ1) is 23.0. The minimum atomic E-state index is -0.334. The van der Waals surface area contributed by atoms with Gasteiger partial charge >= 0.3 is 6.03 Å². The van der Waals surface area contributed by atoms with Gasteiger partial charge in [-0.1, -0.05) is 6.92 Å². The van der Waals surface area contributed by atoms with Gasteiger partial charge in [-0.05, 0) is 53.1 Å². The summed E-state index contributed by atoms with van der Waals surface area (Å²) in [5.41, 5.74) is 0.886. The molecule has 1 aliphatic rings. The molecule has 0 saturated carbocycles. The average molecular weight is 407 g/mol. The molecule has 0 fully saturated rings. The number of carbonyl (C=O) groups excluding carboxylic acids is 2. The van der Waals surface area contributed by atoms with Gasteiger partial charge in [-0.25, -0.2) is 4.79 Å². The Balaban J connectivity index is 2.41. The van der Waals surface area contributed by atoms with Crippen molar-refractivity contribution in [3.8, 4) is 5.75 Å². The highest BCUT2D eigenvalue weighted by molar-refractivity contribution is 5.99. The van der Waals surface area contributed by atoms with Gasteiger partial charge in [-0.2, -0.15) is 0 Å². The Morgan fingerprint density at radius 3 is 2.62 bits per heavy atom. The van der Waals surface area contributed by atoms with Gasteiger partial charge in [0.15, 0.2) is 0 Å². The number of nitrogens with one attached hydrogen (secondary N) is 2. The number of hydrogen-bond donors (Lipinski definition) is 3. The molecule has 2 rings (SSSR count). The van der Waals surface area contributed by atoms with Crippen molar-refractivity contribution in [3.05, 3.63) is 23.8 Å². The van der Waals surface area contributed by atoms with Crippen LogP contribution in [0.5, 0.6) is 5.75 Å². The third kappa shape index (κ3) is 6.08. The van der Waals surface area contributed by atoms with Crippen molar-refractivity contribution in [1.29, 1.82) is 0 Å². The van der Waals surface area contributed by atoms with E-state index in [1.165, 1.54) is 0 Å². The number of aliphatic hydroxyl groups excluding tert-OH is 1. The maximum atomic E-state index is 13.3. The number of ether oxygens (including phenoxy) is 1. The summed E-state index contributed by atoms with van der Waals surface area (Å²) in [5.74, 6) is 0.348. The van der Waals surface area contributed by atoms with Crippen LogP contribution in [0.4, 0.5) is 10.5 Å². The van der Waals surface area contributed by atoms with Crippen LogP contribution in [0.1, 0.15) is 38.1 Å². The normalized spacial score (nSPS) is 20.6. The van der Waals surface area contributed by atoms with Crippen LogP contribution in [0.2, 0.25) is 0 Å². The van der Waals surface area contributed by atoms with Crippen molar-refractivity contribution in [3.63, 3.8) is 0 Å². The molecule has 1 aromatic rings. The second kappa shape index (κ2) is 9.93. The molecule has 3 atom stereocenters. The lowest BCUT2D eigenvalue weighted by atomic mass is 9.99. The number of fused-ring (bicyclic) bond motifs is 1. The van der Waals surface area contributed by atoms with Gasteiger partial charge in [-0.15, -0.1) is 0 Å². The summed E-state index contributed by atoms with van der Waals surface area (Å²) in [6.45, 7) is 8.68. The summed E-state index contributed by atoms with van der Waals surface area (Å²) >= 11 is 0. The zero-order valence-corrected chi connectivity index (χ0v) is 18.2. The molecule has 8 nitrogen and oxygen atoms in total. The van der Waals surface area contributed by atoms with Gasteiger partial charge in [0.05, 0.1) is 18.2 Å². The maximum Gasteiger partial charge on any atom is 0.319 e. The summed E-state index contributed by atoms with van der Waals surface area (Å²) in [7, 11) is 3.96. The third-order valence-corrected chi connectivity index (χ3v) is 4.89. The number of nitrogens with zero attached hydrogens (tertiary/aromatic N) is 2. The van der Waals surface area contributed by atoms with E-state index in [1.807, 2.05) is 34.9 Å². The monoisotopic (exact) mass is 406 g/mol. The van der Waals surface area contributed by atoms with Crippen LogP contribution in [0.15, 0.2) is 18.2 Å². The molecule has 162 valence electrons. The lowest BCUT2D eigenvalue weighted by Gasteiger charge is -2.37. The standard InChI is InChI=1S/C21H34N4O4/c1-13(2)22-21(28)23-16-7-8-18-17(9-16)20(27)25(15(4)12-26)10-14(3)19(29-18)11-24(5)6/h7-9,13-15,19,26H,10-12H2,1-6H3,(H2,22,23,28)/t14-,15+,19+/m1/s1. The second-order valence-electron chi connectivity index (χ2n) is 8.35. The fourth-order valence-electron chi connectivity index (χ4n) is 3.31. The van der Waals surface area contributed by atoms with Gasteiger partial charge in [0.2, 0.25) is 0 Å². The van der Waals surface area contributed by atoms with E-state index in [1.54, 1.807) is 23.1 Å². The van der Waals surface area contributed by atoms with Crippen molar-refractivity contribution in [2.45, 2.75) is 45.9 Å². The molecule has 0 unspecified atom stereocenters. The van der Waals surface area contributed by atoms with Crippen LogP contribution in [0.3, 0.4) is 0 Å². The summed E-state index contributed by atoms with van der Waals surface area (Å²) in [6, 6.07) is 4.43. The molecular formula is C21H34N4O4. The highest BCUT2D eigenvalue weighted by Crippen LogP contribution is 2.30. The predicted molar refractivity (Wildman–Crippen MR) is 113 cm³/mol. The molecule has 0 spiro atoms. The number of carbonyl (C=O) groups is 2. The Labute approximate surface area is 173 Å². The molecule has 1 aromatic carbocycles.